The summed E-state index contributed by atoms with van der Waals surface area (Å²) in [7, 11) is -2.37. The third-order valence-electron chi connectivity index (χ3n) is 3.48. The maximum absolute atomic E-state index is 12.3. The summed E-state index contributed by atoms with van der Waals surface area (Å²) in [5.74, 6) is 0.942. The Morgan fingerprint density at radius 1 is 1.37 bits per heavy atom. The minimum absolute atomic E-state index is 0.577. The lowest BCUT2D eigenvalue weighted by molar-refractivity contribution is 0.588. The van der Waals surface area contributed by atoms with Gasteiger partial charge in [-0.3, -0.25) is 0 Å². The first kappa shape index (κ1) is 12.5. The van der Waals surface area contributed by atoms with Crippen molar-refractivity contribution >= 4 is 18.1 Å². The molecule has 1 aromatic carbocycles. The van der Waals surface area contributed by atoms with E-state index in [9.17, 15) is 4.57 Å². The van der Waals surface area contributed by atoms with Gasteiger partial charge in [-0.25, -0.2) is 4.98 Å². The van der Waals surface area contributed by atoms with Gasteiger partial charge in [-0.1, -0.05) is 0 Å². The average Bonchev–Trinajstić information content (AvgIpc) is 3.07. The third kappa shape index (κ3) is 2.33. The Labute approximate surface area is 113 Å². The van der Waals surface area contributed by atoms with E-state index >= 15 is 0 Å². The molecule has 0 atom stereocenters. The van der Waals surface area contributed by atoms with Gasteiger partial charge >= 0.3 is 0 Å². The monoisotopic (exact) mass is 275 g/mol. The topological polar surface area (TPSA) is 60.9 Å². The van der Waals surface area contributed by atoms with Gasteiger partial charge in [0.05, 0.1) is 0 Å². The largest absolute Gasteiger partial charge is 0.398 e. The summed E-state index contributed by atoms with van der Waals surface area (Å²) in [5, 5.41) is 0.746. The maximum Gasteiger partial charge on any atom is 0.140 e. The number of aromatic nitrogens is 2. The molecule has 0 unspecified atom stereocenters. The molecule has 1 fully saturated rings. The van der Waals surface area contributed by atoms with Crippen LogP contribution in [0.4, 0.5) is 5.69 Å². The van der Waals surface area contributed by atoms with E-state index in [4.69, 9.17) is 5.73 Å². The first-order chi connectivity index (χ1) is 8.97. The Hall–Kier alpha value is -1.54. The number of nitrogens with zero attached hydrogens (tertiary/aromatic N) is 2. The Bertz CT molecular complexity index is 667. The Morgan fingerprint density at radius 3 is 2.74 bits per heavy atom. The fraction of sp³-hybridized carbons (Fsp3) is 0.357. The molecule has 0 bridgehead atoms. The second-order valence-corrected chi connectivity index (χ2v) is 8.70. The van der Waals surface area contributed by atoms with E-state index in [1.807, 2.05) is 30.6 Å². The summed E-state index contributed by atoms with van der Waals surface area (Å²) in [6.07, 6.45) is 6.26. The molecule has 1 aliphatic rings. The number of imidazole rings is 1. The highest BCUT2D eigenvalue weighted by atomic mass is 31.2. The lowest BCUT2D eigenvalue weighted by Crippen LogP contribution is -2.10. The number of nitrogens with two attached hydrogens (primary N) is 1. The molecule has 5 heteroatoms. The van der Waals surface area contributed by atoms with Crippen molar-refractivity contribution in [2.24, 2.45) is 0 Å². The van der Waals surface area contributed by atoms with Crippen LogP contribution >= 0.6 is 7.14 Å². The van der Waals surface area contributed by atoms with Crippen molar-refractivity contribution in [3.05, 3.63) is 30.6 Å². The number of anilines is 1. The lowest BCUT2D eigenvalue weighted by atomic mass is 10.2. The van der Waals surface area contributed by atoms with Crippen molar-refractivity contribution in [3.8, 4) is 11.4 Å². The number of nitrogen functional groups attached to an aromatic ring is 1. The van der Waals surface area contributed by atoms with Crippen LogP contribution in [0.1, 0.15) is 18.9 Å². The van der Waals surface area contributed by atoms with Crippen molar-refractivity contribution in [3.63, 3.8) is 0 Å². The van der Waals surface area contributed by atoms with Crippen LogP contribution in [0.15, 0.2) is 30.6 Å². The van der Waals surface area contributed by atoms with Gasteiger partial charge in [0.25, 0.3) is 0 Å². The second kappa shape index (κ2) is 4.24. The van der Waals surface area contributed by atoms with Gasteiger partial charge in [0.1, 0.15) is 13.0 Å². The molecular formula is C14H18N3OP. The van der Waals surface area contributed by atoms with Gasteiger partial charge < -0.3 is 14.9 Å². The molecule has 1 aliphatic carbocycles. The normalized spacial score (nSPS) is 15.7. The van der Waals surface area contributed by atoms with E-state index < -0.39 is 7.14 Å². The zero-order chi connectivity index (χ0) is 13.6. The van der Waals surface area contributed by atoms with Crippen LogP contribution in [0.2, 0.25) is 0 Å². The van der Waals surface area contributed by atoms with E-state index in [1.165, 1.54) is 12.8 Å². The van der Waals surface area contributed by atoms with Gasteiger partial charge in [-0.2, -0.15) is 0 Å². The molecule has 3 rings (SSSR count). The quantitative estimate of drug-likeness (QED) is 0.692. The summed E-state index contributed by atoms with van der Waals surface area (Å²) >= 11 is 0. The van der Waals surface area contributed by atoms with E-state index in [0.717, 1.165) is 16.7 Å². The molecular weight excluding hydrogens is 257 g/mol. The molecule has 4 nitrogen and oxygen atoms in total. The molecule has 1 aromatic heterocycles. The van der Waals surface area contributed by atoms with Crippen molar-refractivity contribution in [2.75, 3.05) is 19.1 Å². The van der Waals surface area contributed by atoms with Crippen LogP contribution in [0.25, 0.3) is 11.4 Å². The molecule has 0 amide bonds. The number of hydrogen-bond donors (Lipinski definition) is 1. The van der Waals surface area contributed by atoms with Crippen molar-refractivity contribution in [1.82, 2.24) is 9.55 Å². The predicted molar refractivity (Wildman–Crippen MR) is 79.4 cm³/mol. The summed E-state index contributed by atoms with van der Waals surface area (Å²) in [4.78, 5) is 4.43. The summed E-state index contributed by atoms with van der Waals surface area (Å²) in [5.41, 5.74) is 7.53. The predicted octanol–water partition coefficient (Wildman–Crippen LogP) is 2.72. The number of benzene rings is 1. The Balaban J connectivity index is 2.10. The summed E-state index contributed by atoms with van der Waals surface area (Å²) in [6.45, 7) is 3.49. The van der Waals surface area contributed by atoms with Gasteiger partial charge in [-0.05, 0) is 44.4 Å². The first-order valence-corrected chi connectivity index (χ1v) is 9.05. The molecule has 0 radical (unpaired) electrons. The first-order valence-electron chi connectivity index (χ1n) is 6.45. The fourth-order valence-electron chi connectivity index (χ4n) is 2.33. The minimum Gasteiger partial charge on any atom is -0.398 e. The standard InChI is InChI=1S/C14H18N3OP/c1-19(2,18)13-9-10(3-6-12(13)15)14-16-7-8-17(14)11-4-5-11/h3,6-9,11H,4-5,15H2,1-2H3. The second-order valence-electron chi connectivity index (χ2n) is 5.51. The highest BCUT2D eigenvalue weighted by Gasteiger charge is 2.26. The molecule has 0 saturated heterocycles. The van der Waals surface area contributed by atoms with Crippen molar-refractivity contribution in [1.29, 1.82) is 0 Å². The van der Waals surface area contributed by atoms with Crippen molar-refractivity contribution in [2.45, 2.75) is 18.9 Å². The SMILES string of the molecule is CP(C)(=O)c1cc(-c2nccn2C2CC2)ccc1N. The highest BCUT2D eigenvalue weighted by molar-refractivity contribution is 7.70. The smallest absolute Gasteiger partial charge is 0.140 e. The van der Waals surface area contributed by atoms with E-state index in [-0.39, 0.29) is 0 Å². The van der Waals surface area contributed by atoms with E-state index in [0.29, 0.717) is 11.7 Å². The average molecular weight is 275 g/mol. The van der Waals surface area contributed by atoms with E-state index in [1.54, 1.807) is 13.3 Å². The van der Waals surface area contributed by atoms with Crippen LogP contribution < -0.4 is 11.0 Å². The molecule has 0 aliphatic heterocycles. The third-order valence-corrected chi connectivity index (χ3v) is 5.03. The van der Waals surface area contributed by atoms with Crippen LogP contribution in [0, 0.1) is 0 Å². The maximum atomic E-state index is 12.3. The lowest BCUT2D eigenvalue weighted by Gasteiger charge is -2.13. The highest BCUT2D eigenvalue weighted by Crippen LogP contribution is 2.40. The Kier molecular flexibility index (Phi) is 2.79. The van der Waals surface area contributed by atoms with Crippen molar-refractivity contribution < 1.29 is 4.57 Å². The van der Waals surface area contributed by atoms with Gasteiger partial charge in [0.2, 0.25) is 0 Å². The van der Waals surface area contributed by atoms with E-state index in [2.05, 4.69) is 9.55 Å². The zero-order valence-corrected chi connectivity index (χ0v) is 12.1. The molecule has 2 N–H and O–H groups in total. The zero-order valence-electron chi connectivity index (χ0n) is 11.2. The number of rotatable bonds is 3. The van der Waals surface area contributed by atoms with Crippen LogP contribution in [0.5, 0.6) is 0 Å². The molecule has 19 heavy (non-hydrogen) atoms. The van der Waals surface area contributed by atoms with Gasteiger partial charge in [0, 0.05) is 35.0 Å². The van der Waals surface area contributed by atoms with Crippen LogP contribution in [-0.4, -0.2) is 22.9 Å². The Morgan fingerprint density at radius 2 is 2.11 bits per heavy atom. The molecule has 1 heterocycles. The minimum atomic E-state index is -2.37. The molecule has 100 valence electrons. The number of hydrogen-bond acceptors (Lipinski definition) is 3. The van der Waals surface area contributed by atoms with Crippen LogP contribution in [-0.2, 0) is 4.57 Å². The van der Waals surface area contributed by atoms with Gasteiger partial charge in [-0.15, -0.1) is 0 Å². The molecule has 2 aromatic rings. The summed E-state index contributed by atoms with van der Waals surface area (Å²) in [6, 6.07) is 6.29. The van der Waals surface area contributed by atoms with Crippen LogP contribution in [0.3, 0.4) is 0 Å². The van der Waals surface area contributed by atoms with Gasteiger partial charge in [0.15, 0.2) is 0 Å². The molecule has 1 saturated carbocycles. The summed E-state index contributed by atoms with van der Waals surface area (Å²) < 4.78 is 14.5. The molecule has 0 spiro atoms. The fourth-order valence-corrected chi connectivity index (χ4v) is 3.48.